The molecule has 182 valence electrons. The molecule has 2 aromatic carbocycles. The molecule has 0 atom stereocenters. The third kappa shape index (κ3) is 5.44. The van der Waals surface area contributed by atoms with Crippen molar-refractivity contribution in [2.45, 2.75) is 19.5 Å². The number of hydrogen-bond donors (Lipinski definition) is 3. The number of nitrogens with one attached hydrogen (secondary N) is 3. The SMILES string of the molecule is COCCn1c(NC(=O)Cc2coc3cc(OC)ccc23)c(NCc2ccccc2)c(=O)[nH]c1=O. The minimum atomic E-state index is -0.645. The van der Waals surface area contributed by atoms with E-state index in [4.69, 9.17) is 13.9 Å². The topological polar surface area (TPSA) is 128 Å². The van der Waals surface area contributed by atoms with E-state index in [0.717, 1.165) is 10.9 Å². The van der Waals surface area contributed by atoms with Gasteiger partial charge in [0.1, 0.15) is 22.8 Å². The van der Waals surface area contributed by atoms with Crippen LogP contribution in [0.15, 0.2) is 68.8 Å². The van der Waals surface area contributed by atoms with Gasteiger partial charge in [0.05, 0.1) is 32.9 Å². The summed E-state index contributed by atoms with van der Waals surface area (Å²) in [6, 6.07) is 14.8. The average Bonchev–Trinajstić information content (AvgIpc) is 3.25. The maximum atomic E-state index is 13.1. The quantitative estimate of drug-likeness (QED) is 0.320. The number of nitrogens with zero attached hydrogens (tertiary/aromatic N) is 1. The van der Waals surface area contributed by atoms with Crippen LogP contribution in [0.1, 0.15) is 11.1 Å². The predicted octanol–water partition coefficient (Wildman–Crippen LogP) is 2.73. The van der Waals surface area contributed by atoms with E-state index in [1.165, 1.54) is 17.9 Å². The second kappa shape index (κ2) is 10.7. The standard InChI is InChI=1S/C25H26N4O6/c1-33-11-10-29-23(22(24(31)28-25(29)32)26-14-16-6-4-3-5-7-16)27-21(30)12-17-15-35-20-13-18(34-2)8-9-19(17)20/h3-9,13,15,26H,10-12,14H2,1-2H3,(H,27,30)(H,28,31,32). The molecule has 0 unspecified atom stereocenters. The number of ether oxygens (including phenoxy) is 2. The Hall–Kier alpha value is -4.31. The molecule has 1 amide bonds. The number of fused-ring (bicyclic) bond motifs is 1. The van der Waals surface area contributed by atoms with Gasteiger partial charge in [-0.25, -0.2) is 4.79 Å². The van der Waals surface area contributed by atoms with Crippen molar-refractivity contribution in [3.63, 3.8) is 0 Å². The summed E-state index contributed by atoms with van der Waals surface area (Å²) >= 11 is 0. The van der Waals surface area contributed by atoms with E-state index in [9.17, 15) is 14.4 Å². The molecule has 0 radical (unpaired) electrons. The third-order valence-corrected chi connectivity index (χ3v) is 5.50. The maximum Gasteiger partial charge on any atom is 0.330 e. The van der Waals surface area contributed by atoms with Gasteiger partial charge in [0.15, 0.2) is 0 Å². The van der Waals surface area contributed by atoms with Crippen LogP contribution in [0.3, 0.4) is 0 Å². The van der Waals surface area contributed by atoms with Crippen molar-refractivity contribution in [2.24, 2.45) is 0 Å². The van der Waals surface area contributed by atoms with Gasteiger partial charge in [-0.2, -0.15) is 0 Å². The summed E-state index contributed by atoms with van der Waals surface area (Å²) < 4.78 is 17.2. The second-order valence-corrected chi connectivity index (χ2v) is 7.81. The Morgan fingerprint density at radius 2 is 1.91 bits per heavy atom. The van der Waals surface area contributed by atoms with Crippen LogP contribution in [0, 0.1) is 0 Å². The van der Waals surface area contributed by atoms with E-state index < -0.39 is 17.2 Å². The molecule has 10 heteroatoms. The molecule has 0 aliphatic carbocycles. The van der Waals surface area contributed by atoms with Gasteiger partial charge in [-0.3, -0.25) is 19.1 Å². The van der Waals surface area contributed by atoms with E-state index in [0.29, 0.717) is 23.4 Å². The first-order valence-electron chi connectivity index (χ1n) is 11.0. The minimum Gasteiger partial charge on any atom is -0.497 e. The molecular weight excluding hydrogens is 452 g/mol. The van der Waals surface area contributed by atoms with E-state index in [1.807, 2.05) is 36.4 Å². The van der Waals surface area contributed by atoms with Crippen LogP contribution >= 0.6 is 0 Å². The molecule has 10 nitrogen and oxygen atoms in total. The zero-order valence-corrected chi connectivity index (χ0v) is 19.4. The lowest BCUT2D eigenvalue weighted by Crippen LogP contribution is -2.36. The number of benzene rings is 2. The van der Waals surface area contributed by atoms with Crippen molar-refractivity contribution in [1.82, 2.24) is 9.55 Å². The van der Waals surface area contributed by atoms with Crippen LogP contribution in [0.25, 0.3) is 11.0 Å². The monoisotopic (exact) mass is 478 g/mol. The fourth-order valence-corrected chi connectivity index (χ4v) is 3.72. The lowest BCUT2D eigenvalue weighted by Gasteiger charge is -2.17. The van der Waals surface area contributed by atoms with Gasteiger partial charge in [0.2, 0.25) is 5.91 Å². The molecule has 3 N–H and O–H groups in total. The Morgan fingerprint density at radius 1 is 1.11 bits per heavy atom. The molecular formula is C25H26N4O6. The number of anilines is 2. The highest BCUT2D eigenvalue weighted by molar-refractivity contribution is 5.96. The van der Waals surface area contributed by atoms with E-state index in [-0.39, 0.29) is 31.1 Å². The van der Waals surface area contributed by atoms with Crippen LogP contribution in [0.5, 0.6) is 5.75 Å². The van der Waals surface area contributed by atoms with Crippen molar-refractivity contribution in [1.29, 1.82) is 0 Å². The number of rotatable bonds is 10. The van der Waals surface area contributed by atoms with E-state index in [2.05, 4.69) is 15.6 Å². The van der Waals surface area contributed by atoms with Gasteiger partial charge in [0.25, 0.3) is 5.56 Å². The van der Waals surface area contributed by atoms with E-state index in [1.54, 1.807) is 19.2 Å². The summed E-state index contributed by atoms with van der Waals surface area (Å²) in [7, 11) is 3.06. The van der Waals surface area contributed by atoms with Gasteiger partial charge in [-0.05, 0) is 17.7 Å². The summed E-state index contributed by atoms with van der Waals surface area (Å²) in [5, 5.41) is 6.58. The summed E-state index contributed by atoms with van der Waals surface area (Å²) in [6.07, 6.45) is 1.48. The highest BCUT2D eigenvalue weighted by atomic mass is 16.5. The van der Waals surface area contributed by atoms with Crippen LogP contribution in [0.4, 0.5) is 11.5 Å². The van der Waals surface area contributed by atoms with Crippen molar-refractivity contribution in [2.75, 3.05) is 31.5 Å². The number of furan rings is 1. The van der Waals surface area contributed by atoms with Gasteiger partial charge in [-0.15, -0.1) is 0 Å². The molecule has 35 heavy (non-hydrogen) atoms. The highest BCUT2D eigenvalue weighted by Gasteiger charge is 2.19. The van der Waals surface area contributed by atoms with Gasteiger partial charge in [0, 0.05) is 30.7 Å². The minimum absolute atomic E-state index is 0.0251. The predicted molar refractivity (Wildman–Crippen MR) is 132 cm³/mol. The number of hydrogen-bond acceptors (Lipinski definition) is 7. The first-order valence-corrected chi connectivity index (χ1v) is 11.0. The number of aromatic amines is 1. The summed E-state index contributed by atoms with van der Waals surface area (Å²) in [4.78, 5) is 40.6. The van der Waals surface area contributed by atoms with Crippen LogP contribution < -0.4 is 26.6 Å². The summed E-state index contributed by atoms with van der Waals surface area (Å²) in [6.45, 7) is 0.667. The molecule has 2 aromatic heterocycles. The molecule has 4 rings (SSSR count). The van der Waals surface area contributed by atoms with Crippen molar-refractivity contribution < 1.29 is 18.7 Å². The highest BCUT2D eigenvalue weighted by Crippen LogP contribution is 2.26. The van der Waals surface area contributed by atoms with Crippen molar-refractivity contribution in [3.05, 3.63) is 86.8 Å². The molecule has 0 aliphatic rings. The molecule has 0 fully saturated rings. The summed E-state index contributed by atoms with van der Waals surface area (Å²) in [5.41, 5.74) is 0.989. The number of aromatic nitrogens is 2. The molecule has 0 bridgehead atoms. The number of carbonyl (C=O) groups is 1. The normalized spacial score (nSPS) is 10.9. The Morgan fingerprint density at radius 3 is 2.66 bits per heavy atom. The van der Waals surface area contributed by atoms with Crippen molar-refractivity contribution in [3.8, 4) is 5.75 Å². The fraction of sp³-hybridized carbons (Fsp3) is 0.240. The molecule has 4 aromatic rings. The number of carbonyl (C=O) groups excluding carboxylic acids is 1. The number of methoxy groups -OCH3 is 2. The smallest absolute Gasteiger partial charge is 0.330 e. The molecule has 0 saturated carbocycles. The first kappa shape index (κ1) is 23.8. The first-order chi connectivity index (χ1) is 17.0. The Labute approximate surface area is 200 Å². The molecule has 2 heterocycles. The Kier molecular flexibility index (Phi) is 7.32. The van der Waals surface area contributed by atoms with Crippen molar-refractivity contribution >= 4 is 28.4 Å². The van der Waals surface area contributed by atoms with Crippen LogP contribution in [0.2, 0.25) is 0 Å². The molecule has 0 aliphatic heterocycles. The van der Waals surface area contributed by atoms with Crippen LogP contribution in [-0.2, 0) is 29.0 Å². The number of H-pyrrole nitrogens is 1. The third-order valence-electron chi connectivity index (χ3n) is 5.50. The zero-order valence-electron chi connectivity index (χ0n) is 19.4. The molecule has 0 spiro atoms. The van der Waals surface area contributed by atoms with E-state index >= 15 is 0 Å². The maximum absolute atomic E-state index is 13.1. The second-order valence-electron chi connectivity index (χ2n) is 7.81. The molecule has 0 saturated heterocycles. The largest absolute Gasteiger partial charge is 0.497 e. The Balaban J connectivity index is 1.64. The lowest BCUT2D eigenvalue weighted by molar-refractivity contribution is -0.115. The Bertz CT molecular complexity index is 1440. The lowest BCUT2D eigenvalue weighted by atomic mass is 10.1. The van der Waals surface area contributed by atoms with Gasteiger partial charge < -0.3 is 24.5 Å². The summed E-state index contributed by atoms with van der Waals surface area (Å²) in [5.74, 6) is 0.302. The number of amides is 1. The zero-order chi connectivity index (χ0) is 24.8. The average molecular weight is 479 g/mol. The van der Waals surface area contributed by atoms with Gasteiger partial charge >= 0.3 is 5.69 Å². The van der Waals surface area contributed by atoms with Gasteiger partial charge in [-0.1, -0.05) is 30.3 Å². The van der Waals surface area contributed by atoms with Crippen LogP contribution in [-0.4, -0.2) is 36.3 Å². The fourth-order valence-electron chi connectivity index (χ4n) is 3.72.